The van der Waals surface area contributed by atoms with Crippen LogP contribution in [-0.4, -0.2) is 39.6 Å². The van der Waals surface area contributed by atoms with Gasteiger partial charge in [0.15, 0.2) is 0 Å². The van der Waals surface area contributed by atoms with Crippen LogP contribution in [0.1, 0.15) is 51.4 Å². The van der Waals surface area contributed by atoms with Crippen LogP contribution in [0.3, 0.4) is 0 Å². The van der Waals surface area contributed by atoms with E-state index in [1.807, 2.05) is 0 Å². The normalized spacial score (nSPS) is 58.9. The fourth-order valence-electron chi connectivity index (χ4n) is 7.61. The van der Waals surface area contributed by atoms with Crippen LogP contribution in [0.2, 0.25) is 0 Å². The molecule has 7 fully saturated rings. The van der Waals surface area contributed by atoms with Crippen molar-refractivity contribution in [2.45, 2.75) is 75.1 Å². The highest BCUT2D eigenvalue weighted by molar-refractivity contribution is 5.86. The summed E-state index contributed by atoms with van der Waals surface area (Å²) in [6.45, 7) is 4.27. The molecule has 2 unspecified atom stereocenters. The Morgan fingerprint density at radius 3 is 2.57 bits per heavy atom. The molecule has 1 amide bonds. The Labute approximate surface area is 137 Å². The zero-order valence-electron chi connectivity index (χ0n) is 13.6. The summed E-state index contributed by atoms with van der Waals surface area (Å²) < 4.78 is 0. The van der Waals surface area contributed by atoms with E-state index in [1.54, 1.807) is 0 Å². The Hall–Kier alpha value is -1.03. The SMILES string of the molecule is C=C1N[C@@H](C23CC4CC(CC(O)(C4)C2)C3)C(=O)N2[C@H]1C[C@@H]1C[C@@H]12. The van der Waals surface area contributed by atoms with E-state index in [0.29, 0.717) is 23.8 Å². The van der Waals surface area contributed by atoms with Gasteiger partial charge in [0.1, 0.15) is 6.04 Å². The number of nitrogens with one attached hydrogen (secondary N) is 1. The molecular formula is C19H26N2O2. The number of hydrogen-bond donors (Lipinski definition) is 2. The molecule has 2 aliphatic heterocycles. The second-order valence-electron chi connectivity index (χ2n) is 9.71. The van der Waals surface area contributed by atoms with Crippen molar-refractivity contribution < 1.29 is 9.90 Å². The quantitative estimate of drug-likeness (QED) is 0.776. The van der Waals surface area contributed by atoms with Gasteiger partial charge in [-0.25, -0.2) is 0 Å². The van der Waals surface area contributed by atoms with Gasteiger partial charge in [-0.3, -0.25) is 4.79 Å². The number of hydrogen-bond acceptors (Lipinski definition) is 3. The monoisotopic (exact) mass is 314 g/mol. The summed E-state index contributed by atoms with van der Waals surface area (Å²) in [7, 11) is 0. The van der Waals surface area contributed by atoms with E-state index >= 15 is 0 Å². The first kappa shape index (κ1) is 13.3. The second-order valence-corrected chi connectivity index (χ2v) is 9.71. The Bertz CT molecular complexity index is 615. The molecule has 2 heterocycles. The smallest absolute Gasteiger partial charge is 0.246 e. The summed E-state index contributed by atoms with van der Waals surface area (Å²) in [6, 6.07) is 0.591. The highest BCUT2D eigenvalue weighted by Crippen LogP contribution is 2.64. The summed E-state index contributed by atoms with van der Waals surface area (Å²) >= 11 is 0. The molecule has 5 aliphatic carbocycles. The Balaban J connectivity index is 1.39. The largest absolute Gasteiger partial charge is 0.390 e. The van der Waals surface area contributed by atoms with Crippen LogP contribution in [0.5, 0.6) is 0 Å². The van der Waals surface area contributed by atoms with Crippen molar-refractivity contribution >= 4 is 5.91 Å². The molecule has 23 heavy (non-hydrogen) atoms. The number of carbonyl (C=O) groups is 1. The molecule has 0 spiro atoms. The maximum Gasteiger partial charge on any atom is 0.246 e. The van der Waals surface area contributed by atoms with E-state index in [1.165, 1.54) is 12.8 Å². The van der Waals surface area contributed by atoms with Crippen molar-refractivity contribution in [3.63, 3.8) is 0 Å². The van der Waals surface area contributed by atoms with Crippen LogP contribution >= 0.6 is 0 Å². The maximum absolute atomic E-state index is 13.4. The number of piperidine rings is 1. The van der Waals surface area contributed by atoms with Gasteiger partial charge in [0.05, 0.1) is 11.6 Å². The molecule has 4 nitrogen and oxygen atoms in total. The minimum absolute atomic E-state index is 0.0309. The molecule has 4 bridgehead atoms. The van der Waals surface area contributed by atoms with Crippen LogP contribution in [0.4, 0.5) is 0 Å². The first-order chi connectivity index (χ1) is 11.0. The Morgan fingerprint density at radius 1 is 1.13 bits per heavy atom. The molecule has 124 valence electrons. The van der Waals surface area contributed by atoms with Gasteiger partial charge in [0.2, 0.25) is 5.91 Å². The van der Waals surface area contributed by atoms with E-state index in [9.17, 15) is 9.90 Å². The summed E-state index contributed by atoms with van der Waals surface area (Å²) in [5.41, 5.74) is 0.526. The third-order valence-electron chi connectivity index (χ3n) is 8.03. The molecule has 0 aromatic rings. The lowest BCUT2D eigenvalue weighted by Gasteiger charge is -2.63. The number of amides is 1. The number of piperazine rings is 1. The first-order valence-corrected chi connectivity index (χ1v) is 9.46. The molecule has 2 N–H and O–H groups in total. The molecule has 0 aromatic heterocycles. The average Bonchev–Trinajstić information content (AvgIpc) is 3.10. The predicted octanol–water partition coefficient (Wildman–Crippen LogP) is 1.79. The molecular weight excluding hydrogens is 288 g/mol. The van der Waals surface area contributed by atoms with Crippen LogP contribution < -0.4 is 5.32 Å². The van der Waals surface area contributed by atoms with Gasteiger partial charge in [-0.1, -0.05) is 6.58 Å². The molecule has 7 rings (SSSR count). The van der Waals surface area contributed by atoms with Crippen molar-refractivity contribution in [1.82, 2.24) is 10.2 Å². The van der Waals surface area contributed by atoms with Crippen molar-refractivity contribution in [2.75, 3.05) is 0 Å². The lowest BCUT2D eigenvalue weighted by molar-refractivity contribution is -0.182. The van der Waals surface area contributed by atoms with Crippen LogP contribution in [0.25, 0.3) is 0 Å². The molecule has 0 aromatic carbocycles. The van der Waals surface area contributed by atoms with Gasteiger partial charge < -0.3 is 15.3 Å². The first-order valence-electron chi connectivity index (χ1n) is 9.46. The van der Waals surface area contributed by atoms with Gasteiger partial charge in [-0.2, -0.15) is 0 Å². The number of aliphatic hydroxyl groups is 1. The topological polar surface area (TPSA) is 52.6 Å². The Kier molecular flexibility index (Phi) is 2.19. The van der Waals surface area contributed by atoms with E-state index < -0.39 is 5.60 Å². The van der Waals surface area contributed by atoms with Crippen LogP contribution in [0.15, 0.2) is 12.3 Å². The average molecular weight is 314 g/mol. The number of fused-ring (bicyclic) bond motifs is 3. The van der Waals surface area contributed by atoms with Gasteiger partial charge in [-0.05, 0) is 69.1 Å². The summed E-state index contributed by atoms with van der Waals surface area (Å²) in [4.78, 5) is 15.5. The van der Waals surface area contributed by atoms with Crippen molar-refractivity contribution in [2.24, 2.45) is 23.2 Å². The fourth-order valence-corrected chi connectivity index (χ4v) is 7.61. The fraction of sp³-hybridized carbons (Fsp3) is 0.842. The molecule has 5 saturated carbocycles. The molecule has 0 radical (unpaired) electrons. The summed E-state index contributed by atoms with van der Waals surface area (Å²) in [5.74, 6) is 2.28. The van der Waals surface area contributed by atoms with Gasteiger partial charge in [0.25, 0.3) is 0 Å². The van der Waals surface area contributed by atoms with E-state index in [2.05, 4.69) is 16.8 Å². The van der Waals surface area contributed by atoms with Crippen LogP contribution in [0, 0.1) is 23.2 Å². The van der Waals surface area contributed by atoms with Crippen LogP contribution in [-0.2, 0) is 4.79 Å². The minimum atomic E-state index is -0.503. The molecule has 7 aliphatic rings. The van der Waals surface area contributed by atoms with Gasteiger partial charge in [-0.15, -0.1) is 0 Å². The lowest BCUT2D eigenvalue weighted by Crippen LogP contribution is -2.68. The van der Waals surface area contributed by atoms with Gasteiger partial charge >= 0.3 is 0 Å². The molecule has 6 atom stereocenters. The van der Waals surface area contributed by atoms with E-state index in [4.69, 9.17) is 0 Å². The zero-order valence-corrected chi connectivity index (χ0v) is 13.6. The predicted molar refractivity (Wildman–Crippen MR) is 85.3 cm³/mol. The maximum atomic E-state index is 13.4. The third-order valence-corrected chi connectivity index (χ3v) is 8.03. The zero-order chi connectivity index (χ0) is 15.6. The summed E-state index contributed by atoms with van der Waals surface area (Å²) in [6.07, 6.45) is 8.55. The van der Waals surface area contributed by atoms with Crippen molar-refractivity contribution in [3.05, 3.63) is 12.3 Å². The van der Waals surface area contributed by atoms with E-state index in [0.717, 1.165) is 50.1 Å². The van der Waals surface area contributed by atoms with E-state index in [-0.39, 0.29) is 17.5 Å². The van der Waals surface area contributed by atoms with Gasteiger partial charge in [0, 0.05) is 17.2 Å². The lowest BCUT2D eigenvalue weighted by atomic mass is 9.46. The third kappa shape index (κ3) is 1.59. The number of rotatable bonds is 1. The number of nitrogens with zero attached hydrogens (tertiary/aromatic N) is 1. The molecule has 2 saturated heterocycles. The van der Waals surface area contributed by atoms with Crippen molar-refractivity contribution in [1.29, 1.82) is 0 Å². The number of carbonyl (C=O) groups excluding carboxylic acids is 1. The molecule has 4 heteroatoms. The van der Waals surface area contributed by atoms with Crippen molar-refractivity contribution in [3.8, 4) is 0 Å². The highest BCUT2D eigenvalue weighted by Gasteiger charge is 2.65. The Morgan fingerprint density at radius 2 is 1.87 bits per heavy atom. The standard InChI is InChI=1S/C19H26N2O2/c1-10-14-3-13-4-15(13)21(14)17(22)16(20-10)18-5-11-2-12(6-18)8-19(23,7-11)9-18/h11-16,20,23H,1-9H2/t11?,12?,13-,14+,15+,16-,18?,19?/m1/s1. The second kappa shape index (κ2) is 3.79. The highest BCUT2D eigenvalue weighted by atomic mass is 16.3. The minimum Gasteiger partial charge on any atom is -0.390 e. The summed E-state index contributed by atoms with van der Waals surface area (Å²) in [5, 5.41) is 14.6.